The topological polar surface area (TPSA) is 69.5 Å². The highest BCUT2D eigenvalue weighted by molar-refractivity contribution is 5.76. The molecule has 0 saturated carbocycles. The van der Waals surface area contributed by atoms with E-state index in [0.29, 0.717) is 32.7 Å². The summed E-state index contributed by atoms with van der Waals surface area (Å²) in [6.45, 7) is 8.07. The third kappa shape index (κ3) is 5.12. The maximum absolute atomic E-state index is 12.8. The van der Waals surface area contributed by atoms with Crippen LogP contribution in [-0.4, -0.2) is 51.8 Å². The summed E-state index contributed by atoms with van der Waals surface area (Å²) in [4.78, 5) is 14.5. The fourth-order valence-corrected chi connectivity index (χ4v) is 2.79. The highest BCUT2D eigenvalue weighted by atomic mass is 16.7. The van der Waals surface area contributed by atoms with Gasteiger partial charge in [0, 0.05) is 6.42 Å². The van der Waals surface area contributed by atoms with Crippen molar-refractivity contribution in [2.75, 3.05) is 19.8 Å². The first kappa shape index (κ1) is 18.5. The first-order chi connectivity index (χ1) is 12.4. The van der Waals surface area contributed by atoms with E-state index < -0.39 is 0 Å². The third-order valence-electron chi connectivity index (χ3n) is 4.01. The predicted molar refractivity (Wildman–Crippen MR) is 96.5 cm³/mol. The van der Waals surface area contributed by atoms with E-state index in [1.165, 1.54) is 0 Å². The van der Waals surface area contributed by atoms with Crippen LogP contribution in [0.15, 0.2) is 36.5 Å². The van der Waals surface area contributed by atoms with Crippen LogP contribution in [0.25, 0.3) is 5.69 Å². The Morgan fingerprint density at radius 2 is 1.92 bits per heavy atom. The molecule has 1 fully saturated rings. The Morgan fingerprint density at radius 1 is 1.23 bits per heavy atom. The van der Waals surface area contributed by atoms with Crippen LogP contribution in [0.4, 0.5) is 0 Å². The first-order valence-electron chi connectivity index (χ1n) is 8.88. The molecule has 0 unspecified atom stereocenters. The second kappa shape index (κ2) is 7.97. The minimum absolute atomic E-state index is 0.0610. The molecular weight excluding hydrogens is 332 g/mol. The lowest BCUT2D eigenvalue weighted by molar-refractivity contribution is -0.140. The number of para-hydroxylation sites is 1. The Kier molecular flexibility index (Phi) is 5.68. The second-order valence-electron chi connectivity index (χ2n) is 7.67. The molecule has 0 aliphatic carbocycles. The SMILES string of the molecule is CC(C)(C)CC(=O)N(Cc1cn(-c2ccccc2)nn1)CC1OCCO1. The molecule has 1 aromatic heterocycles. The standard InChI is InChI=1S/C19H26N4O3/c1-19(2,3)11-17(24)22(14-18-25-9-10-26-18)12-15-13-23(21-20-15)16-7-5-4-6-8-16/h4-8,13,18H,9-12,14H2,1-3H3. The van der Waals surface area contributed by atoms with Crippen molar-refractivity contribution in [3.05, 3.63) is 42.2 Å². The van der Waals surface area contributed by atoms with Crippen molar-refractivity contribution in [3.8, 4) is 5.69 Å². The zero-order valence-electron chi connectivity index (χ0n) is 15.6. The lowest BCUT2D eigenvalue weighted by Gasteiger charge is -2.27. The lowest BCUT2D eigenvalue weighted by atomic mass is 9.91. The number of carbonyl (C=O) groups excluding carboxylic acids is 1. The largest absolute Gasteiger partial charge is 0.348 e. The van der Waals surface area contributed by atoms with E-state index >= 15 is 0 Å². The van der Waals surface area contributed by atoms with Gasteiger partial charge >= 0.3 is 0 Å². The summed E-state index contributed by atoms with van der Waals surface area (Å²) in [5.41, 5.74) is 1.57. The van der Waals surface area contributed by atoms with Gasteiger partial charge in [0.2, 0.25) is 5.91 Å². The molecule has 3 rings (SSSR count). The summed E-state index contributed by atoms with van der Waals surface area (Å²) in [5, 5.41) is 8.39. The van der Waals surface area contributed by atoms with Crippen LogP contribution in [0.1, 0.15) is 32.9 Å². The lowest BCUT2D eigenvalue weighted by Crippen LogP contribution is -2.39. The Hall–Kier alpha value is -2.25. The van der Waals surface area contributed by atoms with Crippen LogP contribution < -0.4 is 0 Å². The van der Waals surface area contributed by atoms with Crippen molar-refractivity contribution in [1.29, 1.82) is 0 Å². The molecule has 7 nitrogen and oxygen atoms in total. The number of hydrogen-bond donors (Lipinski definition) is 0. The number of nitrogens with zero attached hydrogens (tertiary/aromatic N) is 4. The molecular formula is C19H26N4O3. The molecule has 0 radical (unpaired) electrons. The summed E-state index contributed by atoms with van der Waals surface area (Å²) >= 11 is 0. The molecule has 1 aromatic carbocycles. The van der Waals surface area contributed by atoms with Gasteiger partial charge in [0.15, 0.2) is 6.29 Å². The number of aromatic nitrogens is 3. The fourth-order valence-electron chi connectivity index (χ4n) is 2.79. The first-order valence-corrected chi connectivity index (χ1v) is 8.88. The number of benzene rings is 1. The van der Waals surface area contributed by atoms with Gasteiger partial charge in [-0.25, -0.2) is 4.68 Å². The van der Waals surface area contributed by atoms with E-state index in [1.54, 1.807) is 9.58 Å². The smallest absolute Gasteiger partial charge is 0.223 e. The predicted octanol–water partition coefficient (Wildman–Crippen LogP) is 2.41. The number of rotatable bonds is 6. The van der Waals surface area contributed by atoms with Crippen molar-refractivity contribution in [1.82, 2.24) is 19.9 Å². The summed E-state index contributed by atoms with van der Waals surface area (Å²) in [7, 11) is 0. The molecule has 0 atom stereocenters. The van der Waals surface area contributed by atoms with Gasteiger partial charge in [-0.05, 0) is 17.5 Å². The number of amides is 1. The number of ether oxygens (including phenoxy) is 2. The Balaban J connectivity index is 1.72. The van der Waals surface area contributed by atoms with Gasteiger partial charge in [-0.1, -0.05) is 44.2 Å². The molecule has 140 valence electrons. The number of hydrogen-bond acceptors (Lipinski definition) is 5. The molecule has 1 saturated heterocycles. The van der Waals surface area contributed by atoms with Gasteiger partial charge in [0.05, 0.1) is 38.2 Å². The van der Waals surface area contributed by atoms with Crippen LogP contribution in [-0.2, 0) is 20.8 Å². The van der Waals surface area contributed by atoms with Crippen molar-refractivity contribution in [2.24, 2.45) is 5.41 Å². The van der Waals surface area contributed by atoms with Crippen molar-refractivity contribution in [3.63, 3.8) is 0 Å². The quantitative estimate of drug-likeness (QED) is 0.793. The maximum Gasteiger partial charge on any atom is 0.223 e. The minimum Gasteiger partial charge on any atom is -0.348 e. The van der Waals surface area contributed by atoms with Crippen molar-refractivity contribution >= 4 is 5.91 Å². The summed E-state index contributed by atoms with van der Waals surface area (Å²) in [5.74, 6) is 0.0610. The van der Waals surface area contributed by atoms with Gasteiger partial charge in [0.1, 0.15) is 5.69 Å². The molecule has 0 spiro atoms. The zero-order valence-corrected chi connectivity index (χ0v) is 15.6. The molecule has 0 N–H and O–H groups in total. The summed E-state index contributed by atoms with van der Waals surface area (Å²) in [6.07, 6.45) is 1.93. The van der Waals surface area contributed by atoms with Crippen LogP contribution >= 0.6 is 0 Å². The Morgan fingerprint density at radius 3 is 2.58 bits per heavy atom. The highest BCUT2D eigenvalue weighted by Crippen LogP contribution is 2.21. The normalized spacial score (nSPS) is 15.3. The van der Waals surface area contributed by atoms with E-state index in [4.69, 9.17) is 9.47 Å². The van der Waals surface area contributed by atoms with E-state index in [2.05, 4.69) is 31.1 Å². The van der Waals surface area contributed by atoms with Gasteiger partial charge in [-0.2, -0.15) is 0 Å². The van der Waals surface area contributed by atoms with Crippen molar-refractivity contribution in [2.45, 2.75) is 40.0 Å². The average Bonchev–Trinajstić information content (AvgIpc) is 3.25. The van der Waals surface area contributed by atoms with Gasteiger partial charge < -0.3 is 14.4 Å². The average molecular weight is 358 g/mol. The zero-order chi connectivity index (χ0) is 18.6. The molecule has 7 heteroatoms. The van der Waals surface area contributed by atoms with Crippen LogP contribution in [0.5, 0.6) is 0 Å². The molecule has 26 heavy (non-hydrogen) atoms. The molecule has 2 heterocycles. The number of carbonyl (C=O) groups is 1. The van der Waals surface area contributed by atoms with E-state index in [1.807, 2.05) is 36.5 Å². The second-order valence-corrected chi connectivity index (χ2v) is 7.67. The van der Waals surface area contributed by atoms with Crippen LogP contribution in [0.3, 0.4) is 0 Å². The monoisotopic (exact) mass is 358 g/mol. The van der Waals surface area contributed by atoms with Crippen molar-refractivity contribution < 1.29 is 14.3 Å². The van der Waals surface area contributed by atoms with E-state index in [9.17, 15) is 4.79 Å². The van der Waals surface area contributed by atoms with Gasteiger partial charge in [0.25, 0.3) is 0 Å². The molecule has 2 aromatic rings. The van der Waals surface area contributed by atoms with Crippen LogP contribution in [0, 0.1) is 5.41 Å². The van der Waals surface area contributed by atoms with E-state index in [0.717, 1.165) is 11.4 Å². The molecule has 1 amide bonds. The third-order valence-corrected chi connectivity index (χ3v) is 4.01. The fraction of sp³-hybridized carbons (Fsp3) is 0.526. The minimum atomic E-state index is -0.372. The van der Waals surface area contributed by atoms with Crippen LogP contribution in [0.2, 0.25) is 0 Å². The summed E-state index contributed by atoms with van der Waals surface area (Å²) < 4.78 is 12.7. The maximum atomic E-state index is 12.8. The van der Waals surface area contributed by atoms with E-state index in [-0.39, 0.29) is 17.6 Å². The molecule has 1 aliphatic rings. The Bertz CT molecular complexity index is 718. The molecule has 0 bridgehead atoms. The highest BCUT2D eigenvalue weighted by Gasteiger charge is 2.27. The van der Waals surface area contributed by atoms with Gasteiger partial charge in [-0.15, -0.1) is 5.10 Å². The summed E-state index contributed by atoms with van der Waals surface area (Å²) in [6, 6.07) is 9.77. The Labute approximate surface area is 153 Å². The molecule has 1 aliphatic heterocycles. The van der Waals surface area contributed by atoms with Gasteiger partial charge in [-0.3, -0.25) is 4.79 Å².